The molecular weight excluding hydrogens is 162 g/mol. The van der Waals surface area contributed by atoms with Crippen molar-refractivity contribution in [1.82, 2.24) is 5.32 Å². The van der Waals surface area contributed by atoms with Gasteiger partial charge >= 0.3 is 0 Å². The average molecular weight is 178 g/mol. The molecule has 0 aromatic rings. The molecule has 66 valence electrons. The van der Waals surface area contributed by atoms with Crippen molar-refractivity contribution < 1.29 is 5.11 Å². The molecule has 0 bridgehead atoms. The highest BCUT2D eigenvalue weighted by molar-refractivity contribution is 6.29. The summed E-state index contributed by atoms with van der Waals surface area (Å²) >= 11 is 5.85. The number of nitrogens with one attached hydrogen (secondary N) is 1. The minimum Gasteiger partial charge on any atom is -0.392 e. The van der Waals surface area contributed by atoms with Crippen molar-refractivity contribution >= 4 is 11.6 Å². The molecule has 0 atom stereocenters. The molecule has 0 spiro atoms. The standard InChI is InChI=1S/C8H16ClNO/c1-4-7(5-11)8(9)10-6(2)3/h6,10-11H,4-5H2,1-3H3/b8-7+. The maximum atomic E-state index is 8.83. The molecule has 0 aromatic carbocycles. The molecule has 2 N–H and O–H groups in total. The Morgan fingerprint density at radius 1 is 1.55 bits per heavy atom. The average Bonchev–Trinajstić information content (AvgIpc) is 1.88. The van der Waals surface area contributed by atoms with E-state index >= 15 is 0 Å². The Morgan fingerprint density at radius 2 is 2.09 bits per heavy atom. The summed E-state index contributed by atoms with van der Waals surface area (Å²) in [5.41, 5.74) is 0.861. The second-order valence-electron chi connectivity index (χ2n) is 2.73. The Hall–Kier alpha value is -0.210. The van der Waals surface area contributed by atoms with Crippen LogP contribution in [0.2, 0.25) is 0 Å². The zero-order valence-electron chi connectivity index (χ0n) is 7.32. The summed E-state index contributed by atoms with van der Waals surface area (Å²) in [4.78, 5) is 0. The van der Waals surface area contributed by atoms with Crippen LogP contribution >= 0.6 is 11.6 Å². The van der Waals surface area contributed by atoms with E-state index < -0.39 is 0 Å². The molecule has 0 aliphatic carbocycles. The lowest BCUT2D eigenvalue weighted by molar-refractivity contribution is 0.326. The van der Waals surface area contributed by atoms with Gasteiger partial charge in [-0.05, 0) is 25.8 Å². The lowest BCUT2D eigenvalue weighted by Crippen LogP contribution is -2.21. The fourth-order valence-corrected chi connectivity index (χ4v) is 1.10. The van der Waals surface area contributed by atoms with Gasteiger partial charge < -0.3 is 10.4 Å². The second-order valence-corrected chi connectivity index (χ2v) is 3.11. The highest BCUT2D eigenvalue weighted by Gasteiger charge is 2.01. The maximum Gasteiger partial charge on any atom is 0.103 e. The van der Waals surface area contributed by atoms with Gasteiger partial charge in [0.05, 0.1) is 6.61 Å². The van der Waals surface area contributed by atoms with E-state index in [1.54, 1.807) is 0 Å². The number of rotatable bonds is 4. The van der Waals surface area contributed by atoms with Crippen LogP contribution in [0.3, 0.4) is 0 Å². The molecule has 0 aliphatic heterocycles. The topological polar surface area (TPSA) is 32.3 Å². The van der Waals surface area contributed by atoms with Crippen LogP contribution in [0.1, 0.15) is 27.2 Å². The third-order valence-corrected chi connectivity index (χ3v) is 1.72. The van der Waals surface area contributed by atoms with E-state index in [0.29, 0.717) is 11.2 Å². The van der Waals surface area contributed by atoms with E-state index in [9.17, 15) is 0 Å². The van der Waals surface area contributed by atoms with Gasteiger partial charge in [0.1, 0.15) is 5.16 Å². The van der Waals surface area contributed by atoms with Crippen molar-refractivity contribution in [2.75, 3.05) is 6.61 Å². The first-order chi connectivity index (χ1) is 5.11. The minimum absolute atomic E-state index is 0.0368. The van der Waals surface area contributed by atoms with Gasteiger partial charge in [-0.25, -0.2) is 0 Å². The van der Waals surface area contributed by atoms with E-state index in [4.69, 9.17) is 16.7 Å². The van der Waals surface area contributed by atoms with Crippen LogP contribution in [-0.4, -0.2) is 17.8 Å². The van der Waals surface area contributed by atoms with E-state index in [1.807, 2.05) is 20.8 Å². The zero-order chi connectivity index (χ0) is 8.85. The summed E-state index contributed by atoms with van der Waals surface area (Å²) in [5.74, 6) is 0. The van der Waals surface area contributed by atoms with Crippen LogP contribution in [0.5, 0.6) is 0 Å². The van der Waals surface area contributed by atoms with Crippen molar-refractivity contribution in [3.05, 3.63) is 10.7 Å². The molecule has 3 heteroatoms. The third kappa shape index (κ3) is 4.27. The van der Waals surface area contributed by atoms with Crippen LogP contribution in [-0.2, 0) is 0 Å². The molecule has 0 aliphatic rings. The van der Waals surface area contributed by atoms with Crippen molar-refractivity contribution in [3.8, 4) is 0 Å². The smallest absolute Gasteiger partial charge is 0.103 e. The van der Waals surface area contributed by atoms with Gasteiger partial charge in [0.15, 0.2) is 0 Å². The van der Waals surface area contributed by atoms with E-state index in [0.717, 1.165) is 12.0 Å². The van der Waals surface area contributed by atoms with Gasteiger partial charge in [-0.2, -0.15) is 0 Å². The number of aliphatic hydroxyl groups is 1. The Balaban J connectivity index is 4.11. The van der Waals surface area contributed by atoms with Crippen molar-refractivity contribution in [1.29, 1.82) is 0 Å². The van der Waals surface area contributed by atoms with Gasteiger partial charge in [-0.3, -0.25) is 0 Å². The summed E-state index contributed by atoms with van der Waals surface area (Å²) in [6.07, 6.45) is 0.787. The van der Waals surface area contributed by atoms with Crippen LogP contribution in [0, 0.1) is 0 Å². The first-order valence-corrected chi connectivity index (χ1v) is 4.24. The van der Waals surface area contributed by atoms with Crippen molar-refractivity contribution in [3.63, 3.8) is 0 Å². The molecule has 0 aromatic heterocycles. The number of aliphatic hydroxyl groups excluding tert-OH is 1. The van der Waals surface area contributed by atoms with Crippen molar-refractivity contribution in [2.24, 2.45) is 0 Å². The second kappa shape index (κ2) is 5.44. The van der Waals surface area contributed by atoms with Crippen LogP contribution in [0.15, 0.2) is 10.7 Å². The van der Waals surface area contributed by atoms with Crippen LogP contribution < -0.4 is 5.32 Å². The minimum atomic E-state index is 0.0368. The molecular formula is C8H16ClNO. The molecule has 0 saturated heterocycles. The molecule has 0 fully saturated rings. The molecule has 2 nitrogen and oxygen atoms in total. The predicted octanol–water partition coefficient (Wildman–Crippen LogP) is 1.84. The Kier molecular flexibility index (Phi) is 5.34. The fourth-order valence-electron chi connectivity index (χ4n) is 0.692. The highest BCUT2D eigenvalue weighted by atomic mass is 35.5. The highest BCUT2D eigenvalue weighted by Crippen LogP contribution is 2.09. The van der Waals surface area contributed by atoms with Gasteiger partial charge in [-0.15, -0.1) is 0 Å². The van der Waals surface area contributed by atoms with Gasteiger partial charge in [0, 0.05) is 6.04 Å². The summed E-state index contributed by atoms with van der Waals surface area (Å²) in [6.45, 7) is 6.02. The number of hydrogen-bond acceptors (Lipinski definition) is 2. The van der Waals surface area contributed by atoms with E-state index in [1.165, 1.54) is 0 Å². The fraction of sp³-hybridized carbons (Fsp3) is 0.750. The van der Waals surface area contributed by atoms with Crippen LogP contribution in [0.25, 0.3) is 0 Å². The molecule has 0 radical (unpaired) electrons. The molecule has 0 unspecified atom stereocenters. The molecule has 0 saturated carbocycles. The van der Waals surface area contributed by atoms with Gasteiger partial charge in [-0.1, -0.05) is 18.5 Å². The molecule has 11 heavy (non-hydrogen) atoms. The monoisotopic (exact) mass is 177 g/mol. The largest absolute Gasteiger partial charge is 0.392 e. The number of hydrogen-bond donors (Lipinski definition) is 2. The normalized spacial score (nSPS) is 13.3. The Morgan fingerprint density at radius 3 is 2.36 bits per heavy atom. The summed E-state index contributed by atoms with van der Waals surface area (Å²) in [5, 5.41) is 12.4. The third-order valence-electron chi connectivity index (χ3n) is 1.34. The SMILES string of the molecule is CC/C(CO)=C(/Cl)NC(C)C. The first kappa shape index (κ1) is 10.8. The van der Waals surface area contributed by atoms with Crippen LogP contribution in [0.4, 0.5) is 0 Å². The molecule has 0 rings (SSSR count). The lowest BCUT2D eigenvalue weighted by Gasteiger charge is -2.11. The summed E-state index contributed by atoms with van der Waals surface area (Å²) in [7, 11) is 0. The maximum absolute atomic E-state index is 8.83. The summed E-state index contributed by atoms with van der Waals surface area (Å²) in [6, 6.07) is 0.315. The quantitative estimate of drug-likeness (QED) is 0.643. The van der Waals surface area contributed by atoms with Gasteiger partial charge in [0.2, 0.25) is 0 Å². The first-order valence-electron chi connectivity index (χ1n) is 3.86. The Bertz CT molecular complexity index is 137. The lowest BCUT2D eigenvalue weighted by atomic mass is 10.2. The predicted molar refractivity (Wildman–Crippen MR) is 48.5 cm³/mol. The van der Waals surface area contributed by atoms with E-state index in [2.05, 4.69) is 5.32 Å². The van der Waals surface area contributed by atoms with Crippen molar-refractivity contribution in [2.45, 2.75) is 33.2 Å². The Labute approximate surface area is 73.3 Å². The zero-order valence-corrected chi connectivity index (χ0v) is 8.07. The van der Waals surface area contributed by atoms with Gasteiger partial charge in [0.25, 0.3) is 0 Å². The molecule has 0 heterocycles. The molecule has 0 amide bonds. The van der Waals surface area contributed by atoms with E-state index in [-0.39, 0.29) is 6.61 Å². The summed E-state index contributed by atoms with van der Waals surface area (Å²) < 4.78 is 0. The number of halogens is 1.